The van der Waals surface area contributed by atoms with E-state index in [1.165, 1.54) is 46.7 Å². The van der Waals surface area contributed by atoms with Crippen LogP contribution < -0.4 is 5.32 Å². The van der Waals surface area contributed by atoms with Crippen LogP contribution in [0.3, 0.4) is 0 Å². The van der Waals surface area contributed by atoms with Gasteiger partial charge >= 0.3 is 5.97 Å². The molecule has 0 heterocycles. The number of benzene rings is 3. The zero-order valence-electron chi connectivity index (χ0n) is 18.6. The van der Waals surface area contributed by atoms with E-state index in [1.54, 1.807) is 0 Å². The van der Waals surface area contributed by atoms with Crippen molar-refractivity contribution >= 4 is 16.7 Å². The number of carbonyl (C=O) groups excluding carboxylic acids is 1. The Morgan fingerprint density at radius 1 is 1.03 bits per heavy atom. The topological polar surface area (TPSA) is 38.3 Å². The molecule has 1 aliphatic carbocycles. The van der Waals surface area contributed by atoms with Crippen LogP contribution in [0, 0.1) is 0 Å². The molecular weight excluding hydrogens is 382 g/mol. The van der Waals surface area contributed by atoms with Crippen LogP contribution >= 0.6 is 0 Å². The molecule has 0 aromatic heterocycles. The Hall–Kier alpha value is -2.65. The van der Waals surface area contributed by atoms with E-state index in [1.807, 2.05) is 6.92 Å². The first kappa shape index (κ1) is 21.6. The van der Waals surface area contributed by atoms with Crippen molar-refractivity contribution < 1.29 is 9.53 Å². The fraction of sp³-hybridized carbons (Fsp3) is 0.393. The molecule has 1 N–H and O–H groups in total. The van der Waals surface area contributed by atoms with Gasteiger partial charge in [0.1, 0.15) is 0 Å². The maximum Gasteiger partial charge on any atom is 0.306 e. The van der Waals surface area contributed by atoms with Crippen LogP contribution in [0.2, 0.25) is 0 Å². The smallest absolute Gasteiger partial charge is 0.306 e. The van der Waals surface area contributed by atoms with Crippen molar-refractivity contribution in [3.05, 3.63) is 83.4 Å². The summed E-state index contributed by atoms with van der Waals surface area (Å²) in [5, 5.41) is 6.54. The fourth-order valence-corrected chi connectivity index (χ4v) is 4.94. The molecule has 4 rings (SSSR count). The van der Waals surface area contributed by atoms with Gasteiger partial charge in [0.2, 0.25) is 0 Å². The van der Waals surface area contributed by atoms with E-state index < -0.39 is 0 Å². The summed E-state index contributed by atoms with van der Waals surface area (Å²) >= 11 is 0. The highest BCUT2D eigenvalue weighted by atomic mass is 16.5. The van der Waals surface area contributed by atoms with Gasteiger partial charge in [-0.15, -0.1) is 0 Å². The van der Waals surface area contributed by atoms with Crippen LogP contribution in [-0.4, -0.2) is 18.6 Å². The van der Waals surface area contributed by atoms with Crippen LogP contribution in [0.15, 0.2) is 66.7 Å². The van der Waals surface area contributed by atoms with E-state index in [9.17, 15) is 4.79 Å². The highest BCUT2D eigenvalue weighted by Crippen LogP contribution is 2.36. The monoisotopic (exact) mass is 415 g/mol. The van der Waals surface area contributed by atoms with Crippen LogP contribution in [-0.2, 0) is 16.0 Å². The number of nitrogens with one attached hydrogen (secondary N) is 1. The van der Waals surface area contributed by atoms with E-state index in [0.29, 0.717) is 31.0 Å². The van der Waals surface area contributed by atoms with Gasteiger partial charge in [-0.3, -0.25) is 4.79 Å². The number of hydrogen-bond acceptors (Lipinski definition) is 3. The lowest BCUT2D eigenvalue weighted by Crippen LogP contribution is -2.29. The van der Waals surface area contributed by atoms with Crippen molar-refractivity contribution in [2.45, 2.75) is 64.0 Å². The number of hydrogen-bond donors (Lipinski definition) is 1. The normalized spacial score (nSPS) is 19.4. The molecule has 3 atom stereocenters. The number of fused-ring (bicyclic) bond motifs is 1. The fourth-order valence-electron chi connectivity index (χ4n) is 4.94. The third-order valence-electron chi connectivity index (χ3n) is 6.58. The summed E-state index contributed by atoms with van der Waals surface area (Å²) in [6.45, 7) is 4.58. The molecule has 1 saturated carbocycles. The second kappa shape index (κ2) is 10.1. The van der Waals surface area contributed by atoms with Crippen molar-refractivity contribution in [1.82, 2.24) is 5.32 Å². The quantitative estimate of drug-likeness (QED) is 0.437. The van der Waals surface area contributed by atoms with Gasteiger partial charge in [0.05, 0.1) is 6.61 Å². The molecule has 0 saturated heterocycles. The Kier molecular flexibility index (Phi) is 7.03. The van der Waals surface area contributed by atoms with Crippen molar-refractivity contribution in [3.8, 4) is 0 Å². The minimum absolute atomic E-state index is 0.114. The zero-order valence-corrected chi connectivity index (χ0v) is 18.6. The summed E-state index contributed by atoms with van der Waals surface area (Å²) in [5.74, 6) is 0.493. The molecule has 0 bridgehead atoms. The average Bonchev–Trinajstić information content (AvgIpc) is 3.26. The van der Waals surface area contributed by atoms with Gasteiger partial charge in [0.15, 0.2) is 0 Å². The molecular formula is C28H33NO2. The lowest BCUT2D eigenvalue weighted by atomic mass is 9.95. The zero-order chi connectivity index (χ0) is 21.6. The maximum atomic E-state index is 11.6. The highest BCUT2D eigenvalue weighted by molar-refractivity contribution is 5.86. The summed E-state index contributed by atoms with van der Waals surface area (Å²) in [6.07, 6.45) is 4.81. The summed E-state index contributed by atoms with van der Waals surface area (Å²) in [4.78, 5) is 11.6. The minimum atomic E-state index is -0.114. The SMILES string of the molecule is CCOC(=O)CCc1ccc([C@H]2CCC(NC(C)c3cccc4ccccc34)C2)cc1. The molecule has 3 aromatic carbocycles. The molecule has 0 aliphatic heterocycles. The lowest BCUT2D eigenvalue weighted by Gasteiger charge is -2.21. The van der Waals surface area contributed by atoms with Gasteiger partial charge in [-0.2, -0.15) is 0 Å². The van der Waals surface area contributed by atoms with Gasteiger partial charge in [0.25, 0.3) is 0 Å². The van der Waals surface area contributed by atoms with Crippen molar-refractivity contribution in [3.63, 3.8) is 0 Å². The largest absolute Gasteiger partial charge is 0.466 e. The van der Waals surface area contributed by atoms with Crippen LogP contribution in [0.5, 0.6) is 0 Å². The number of ether oxygens (including phenoxy) is 1. The molecule has 2 unspecified atom stereocenters. The van der Waals surface area contributed by atoms with Crippen LogP contribution in [0.4, 0.5) is 0 Å². The van der Waals surface area contributed by atoms with Gasteiger partial charge in [-0.1, -0.05) is 66.7 Å². The average molecular weight is 416 g/mol. The first-order chi connectivity index (χ1) is 15.1. The first-order valence-corrected chi connectivity index (χ1v) is 11.6. The second-order valence-electron chi connectivity index (χ2n) is 8.71. The second-order valence-corrected chi connectivity index (χ2v) is 8.71. The molecule has 3 heteroatoms. The van der Waals surface area contributed by atoms with Gasteiger partial charge in [-0.05, 0) is 72.9 Å². The van der Waals surface area contributed by atoms with Gasteiger partial charge < -0.3 is 10.1 Å². The molecule has 1 fully saturated rings. The Balaban J connectivity index is 1.33. The first-order valence-electron chi connectivity index (χ1n) is 11.6. The van der Waals surface area contributed by atoms with Crippen LogP contribution in [0.25, 0.3) is 10.8 Å². The third-order valence-corrected chi connectivity index (χ3v) is 6.58. The predicted octanol–water partition coefficient (Wildman–Crippen LogP) is 6.32. The van der Waals surface area contributed by atoms with Crippen molar-refractivity contribution in [2.24, 2.45) is 0 Å². The molecule has 1 aliphatic rings. The van der Waals surface area contributed by atoms with E-state index >= 15 is 0 Å². The lowest BCUT2D eigenvalue weighted by molar-refractivity contribution is -0.143. The molecule has 0 spiro atoms. The highest BCUT2D eigenvalue weighted by Gasteiger charge is 2.27. The molecule has 31 heavy (non-hydrogen) atoms. The van der Waals surface area contributed by atoms with E-state index in [4.69, 9.17) is 4.74 Å². The minimum Gasteiger partial charge on any atom is -0.466 e. The molecule has 3 nitrogen and oxygen atoms in total. The van der Waals surface area contributed by atoms with Crippen LogP contribution in [0.1, 0.15) is 68.2 Å². The standard InChI is InChI=1S/C28H33NO2/c1-3-31-28(30)18-13-21-11-14-22(15-12-21)24-16-17-25(19-24)29-20(2)26-10-6-8-23-7-4-5-9-27(23)26/h4-12,14-15,20,24-25,29H,3,13,16-19H2,1-2H3/t20?,24-,25?/m0/s1. The Morgan fingerprint density at radius 3 is 2.61 bits per heavy atom. The molecule has 0 amide bonds. The predicted molar refractivity (Wildman–Crippen MR) is 127 cm³/mol. The molecule has 162 valence electrons. The van der Waals surface area contributed by atoms with Crippen molar-refractivity contribution in [1.29, 1.82) is 0 Å². The maximum absolute atomic E-state index is 11.6. The van der Waals surface area contributed by atoms with Gasteiger partial charge in [-0.25, -0.2) is 0 Å². The number of esters is 1. The number of carbonyl (C=O) groups is 1. The molecule has 0 radical (unpaired) electrons. The number of rotatable bonds is 8. The summed E-state index contributed by atoms with van der Waals surface area (Å²) in [5.41, 5.74) is 4.00. The van der Waals surface area contributed by atoms with E-state index in [-0.39, 0.29) is 5.97 Å². The summed E-state index contributed by atoms with van der Waals surface area (Å²) in [7, 11) is 0. The Bertz CT molecular complexity index is 1010. The van der Waals surface area contributed by atoms with Crippen molar-refractivity contribution in [2.75, 3.05) is 6.61 Å². The van der Waals surface area contributed by atoms with Gasteiger partial charge in [0, 0.05) is 18.5 Å². The number of aryl methyl sites for hydroxylation is 1. The molecule has 3 aromatic rings. The Morgan fingerprint density at radius 2 is 1.81 bits per heavy atom. The van der Waals surface area contributed by atoms with E-state index in [0.717, 1.165) is 6.42 Å². The summed E-state index contributed by atoms with van der Waals surface area (Å²) < 4.78 is 5.02. The van der Waals surface area contributed by atoms with E-state index in [2.05, 4.69) is 79.0 Å². The summed E-state index contributed by atoms with van der Waals surface area (Å²) in [6, 6.07) is 25.0. The Labute approximate surface area is 185 Å². The third kappa shape index (κ3) is 5.34.